The van der Waals surface area contributed by atoms with Gasteiger partial charge in [-0.1, -0.05) is 6.08 Å². The number of carbonyl (C=O) groups is 1. The van der Waals surface area contributed by atoms with E-state index in [-0.39, 0.29) is 11.7 Å². The Morgan fingerprint density at radius 2 is 2.10 bits per heavy atom. The lowest BCUT2D eigenvalue weighted by Gasteiger charge is -2.25. The van der Waals surface area contributed by atoms with Crippen LogP contribution in [0.2, 0.25) is 0 Å². The molecule has 0 spiro atoms. The van der Waals surface area contributed by atoms with Crippen LogP contribution in [-0.4, -0.2) is 23.6 Å². The number of rotatable bonds is 3. The Morgan fingerprint density at radius 1 is 1.40 bits per heavy atom. The van der Waals surface area contributed by atoms with Crippen LogP contribution in [-0.2, 0) is 4.79 Å². The molecule has 4 nitrogen and oxygen atoms in total. The molecule has 1 aromatic heterocycles. The average Bonchev–Trinajstić information content (AvgIpc) is 2.45. The van der Waals surface area contributed by atoms with Crippen molar-refractivity contribution in [3.05, 3.63) is 41.9 Å². The lowest BCUT2D eigenvalue weighted by molar-refractivity contribution is -0.136. The molecule has 1 amide bonds. The first-order valence-corrected chi connectivity index (χ1v) is 6.17. The van der Waals surface area contributed by atoms with E-state index in [1.165, 1.54) is 0 Å². The van der Waals surface area contributed by atoms with Crippen LogP contribution in [0.15, 0.2) is 36.3 Å². The lowest BCUT2D eigenvalue weighted by Crippen LogP contribution is -2.39. The number of hydrogen-bond acceptors (Lipinski definition) is 3. The van der Waals surface area contributed by atoms with Crippen molar-refractivity contribution in [2.45, 2.75) is 25.1 Å². The van der Waals surface area contributed by atoms with E-state index in [0.717, 1.165) is 12.0 Å². The summed E-state index contributed by atoms with van der Waals surface area (Å²) in [6.45, 7) is -1.33. The number of aromatic nitrogens is 1. The molecule has 2 heterocycles. The second kappa shape index (κ2) is 5.94. The van der Waals surface area contributed by atoms with Gasteiger partial charge >= 0.3 is 6.18 Å². The quantitative estimate of drug-likeness (QED) is 0.894. The third-order valence-corrected chi connectivity index (χ3v) is 2.94. The molecule has 0 radical (unpaired) electrons. The monoisotopic (exact) mass is 285 g/mol. The van der Waals surface area contributed by atoms with Gasteiger partial charge < -0.3 is 10.6 Å². The van der Waals surface area contributed by atoms with Gasteiger partial charge in [-0.15, -0.1) is 0 Å². The van der Waals surface area contributed by atoms with Crippen molar-refractivity contribution in [3.8, 4) is 0 Å². The molecule has 20 heavy (non-hydrogen) atoms. The fourth-order valence-electron chi connectivity index (χ4n) is 1.99. The molecule has 1 aromatic rings. The maximum absolute atomic E-state index is 12.1. The lowest BCUT2D eigenvalue weighted by atomic mass is 9.99. The van der Waals surface area contributed by atoms with Gasteiger partial charge in [-0.25, -0.2) is 0 Å². The minimum absolute atomic E-state index is 0.0883. The summed E-state index contributed by atoms with van der Waals surface area (Å²) in [7, 11) is 0. The van der Waals surface area contributed by atoms with E-state index in [1.54, 1.807) is 18.5 Å². The molecule has 1 unspecified atom stereocenters. The van der Waals surface area contributed by atoms with Gasteiger partial charge in [0.05, 0.1) is 11.7 Å². The Morgan fingerprint density at radius 3 is 2.75 bits per heavy atom. The molecule has 1 aliphatic rings. The molecule has 0 bridgehead atoms. The van der Waals surface area contributed by atoms with Crippen LogP contribution in [0.25, 0.3) is 0 Å². The molecule has 0 aliphatic carbocycles. The SMILES string of the molecule is O=C(NCC(F)(F)F)C1=CCCC(c2ccncc2)N1. The summed E-state index contributed by atoms with van der Waals surface area (Å²) in [5, 5.41) is 4.82. The third kappa shape index (κ3) is 3.97. The van der Waals surface area contributed by atoms with E-state index in [1.807, 2.05) is 17.4 Å². The zero-order valence-electron chi connectivity index (χ0n) is 10.6. The van der Waals surface area contributed by atoms with Crippen molar-refractivity contribution < 1.29 is 18.0 Å². The summed E-state index contributed by atoms with van der Waals surface area (Å²) in [5.74, 6) is -0.735. The molecular weight excluding hydrogens is 271 g/mol. The van der Waals surface area contributed by atoms with E-state index in [9.17, 15) is 18.0 Å². The number of nitrogens with one attached hydrogen (secondary N) is 2. The number of pyridine rings is 1. The second-order valence-electron chi connectivity index (χ2n) is 4.47. The second-order valence-corrected chi connectivity index (χ2v) is 4.47. The van der Waals surface area contributed by atoms with Gasteiger partial charge in [0.1, 0.15) is 6.54 Å². The summed E-state index contributed by atoms with van der Waals surface area (Å²) in [6.07, 6.45) is 1.89. The van der Waals surface area contributed by atoms with Crippen LogP contribution in [0.3, 0.4) is 0 Å². The Balaban J connectivity index is 1.97. The number of alkyl halides is 3. The molecule has 0 saturated carbocycles. The minimum Gasteiger partial charge on any atom is -0.374 e. The molecule has 1 aliphatic heterocycles. The summed E-state index contributed by atoms with van der Waals surface area (Å²) < 4.78 is 36.2. The van der Waals surface area contributed by atoms with Crippen molar-refractivity contribution in [2.75, 3.05) is 6.54 Å². The van der Waals surface area contributed by atoms with E-state index in [4.69, 9.17) is 0 Å². The molecular formula is C13H14F3N3O. The van der Waals surface area contributed by atoms with Gasteiger partial charge in [-0.3, -0.25) is 9.78 Å². The fourth-order valence-corrected chi connectivity index (χ4v) is 1.99. The largest absolute Gasteiger partial charge is 0.405 e. The van der Waals surface area contributed by atoms with Crippen LogP contribution in [0.4, 0.5) is 13.2 Å². The summed E-state index contributed by atoms with van der Waals surface area (Å²) in [5.41, 5.74) is 1.14. The Kier molecular flexibility index (Phi) is 4.26. The minimum atomic E-state index is -4.41. The highest BCUT2D eigenvalue weighted by Crippen LogP contribution is 2.23. The van der Waals surface area contributed by atoms with Crippen LogP contribution in [0.5, 0.6) is 0 Å². The molecule has 0 saturated heterocycles. The maximum atomic E-state index is 12.1. The molecule has 2 N–H and O–H groups in total. The third-order valence-electron chi connectivity index (χ3n) is 2.94. The van der Waals surface area contributed by atoms with Gasteiger partial charge in [0.15, 0.2) is 0 Å². The average molecular weight is 285 g/mol. The first kappa shape index (κ1) is 14.4. The van der Waals surface area contributed by atoms with E-state index in [0.29, 0.717) is 6.42 Å². The molecule has 0 aromatic carbocycles. The van der Waals surface area contributed by atoms with Gasteiger partial charge in [0.2, 0.25) is 0 Å². The number of allylic oxidation sites excluding steroid dienone is 1. The summed E-state index contributed by atoms with van der Waals surface area (Å²) in [4.78, 5) is 15.6. The number of halogens is 3. The smallest absolute Gasteiger partial charge is 0.374 e. The zero-order valence-corrected chi connectivity index (χ0v) is 10.6. The van der Waals surface area contributed by atoms with E-state index < -0.39 is 18.6 Å². The predicted molar refractivity (Wildman–Crippen MR) is 66.5 cm³/mol. The maximum Gasteiger partial charge on any atom is 0.405 e. The van der Waals surface area contributed by atoms with Gasteiger partial charge in [0, 0.05) is 12.4 Å². The van der Waals surface area contributed by atoms with Crippen LogP contribution >= 0.6 is 0 Å². The van der Waals surface area contributed by atoms with Crippen molar-refractivity contribution in [2.24, 2.45) is 0 Å². The summed E-state index contributed by atoms with van der Waals surface area (Å²) in [6, 6.07) is 3.54. The first-order valence-electron chi connectivity index (χ1n) is 6.17. The predicted octanol–water partition coefficient (Wildman–Crippen LogP) is 2.07. The van der Waals surface area contributed by atoms with Crippen LogP contribution < -0.4 is 10.6 Å². The Labute approximate surface area is 114 Å². The molecule has 0 fully saturated rings. The van der Waals surface area contributed by atoms with E-state index in [2.05, 4.69) is 10.3 Å². The van der Waals surface area contributed by atoms with E-state index >= 15 is 0 Å². The molecule has 2 rings (SSSR count). The van der Waals surface area contributed by atoms with Crippen molar-refractivity contribution >= 4 is 5.91 Å². The zero-order chi connectivity index (χ0) is 14.6. The van der Waals surface area contributed by atoms with Gasteiger partial charge in [-0.05, 0) is 30.5 Å². The summed E-state index contributed by atoms with van der Waals surface area (Å²) >= 11 is 0. The number of amides is 1. The Hall–Kier alpha value is -2.05. The molecule has 108 valence electrons. The highest BCUT2D eigenvalue weighted by Gasteiger charge is 2.29. The number of hydrogen-bond donors (Lipinski definition) is 2. The van der Waals surface area contributed by atoms with Gasteiger partial charge in [0.25, 0.3) is 5.91 Å². The van der Waals surface area contributed by atoms with Crippen molar-refractivity contribution in [1.82, 2.24) is 15.6 Å². The van der Waals surface area contributed by atoms with Gasteiger partial charge in [-0.2, -0.15) is 13.2 Å². The highest BCUT2D eigenvalue weighted by molar-refractivity contribution is 5.93. The molecule has 1 atom stereocenters. The highest BCUT2D eigenvalue weighted by atomic mass is 19.4. The van der Waals surface area contributed by atoms with Crippen LogP contribution in [0.1, 0.15) is 24.4 Å². The van der Waals surface area contributed by atoms with Crippen molar-refractivity contribution in [1.29, 1.82) is 0 Å². The number of carbonyl (C=O) groups excluding carboxylic acids is 1. The van der Waals surface area contributed by atoms with Crippen LogP contribution in [0, 0.1) is 0 Å². The fraction of sp³-hybridized carbons (Fsp3) is 0.385. The first-order chi connectivity index (χ1) is 9.46. The number of nitrogens with zero attached hydrogens (tertiary/aromatic N) is 1. The topological polar surface area (TPSA) is 54.0 Å². The standard InChI is InChI=1S/C13H14F3N3O/c14-13(15,16)8-18-12(20)11-3-1-2-10(19-11)9-4-6-17-7-5-9/h3-7,10,19H,1-2,8H2,(H,18,20). The van der Waals surface area contributed by atoms with Crippen molar-refractivity contribution in [3.63, 3.8) is 0 Å². The Bertz CT molecular complexity index is 499. The molecule has 7 heteroatoms. The normalized spacial score (nSPS) is 18.9.